The quantitative estimate of drug-likeness (QED) is 0.659. The fourth-order valence-electron chi connectivity index (χ4n) is 1.59. The number of benzene rings is 2. The molecule has 0 spiro atoms. The predicted octanol–water partition coefficient (Wildman–Crippen LogP) is 4.02. The molecule has 17 heavy (non-hydrogen) atoms. The predicted molar refractivity (Wildman–Crippen MR) is 55.3 cm³/mol. The van der Waals surface area contributed by atoms with Crippen LogP contribution in [-0.2, 0) is 0 Å². The maximum Gasteiger partial charge on any atom is 0.139 e. The summed E-state index contributed by atoms with van der Waals surface area (Å²) in [5, 5.41) is 0. The van der Waals surface area contributed by atoms with Crippen LogP contribution >= 0.6 is 0 Å². The first-order chi connectivity index (χ1) is 7.99. The molecule has 2 aromatic rings. The molecule has 0 heterocycles. The molecular formula is C13H7F4. The van der Waals surface area contributed by atoms with Gasteiger partial charge >= 0.3 is 0 Å². The second kappa shape index (κ2) is 4.20. The van der Waals surface area contributed by atoms with Gasteiger partial charge in [0.2, 0.25) is 0 Å². The molecule has 0 bridgehead atoms. The molecule has 0 nitrogen and oxygen atoms in total. The van der Waals surface area contributed by atoms with Gasteiger partial charge in [-0.15, -0.1) is 0 Å². The van der Waals surface area contributed by atoms with Crippen molar-refractivity contribution in [1.29, 1.82) is 0 Å². The Labute approximate surface area is 95.5 Å². The fraction of sp³-hybridized carbons (Fsp3) is 0.0769. The van der Waals surface area contributed by atoms with E-state index in [2.05, 4.69) is 0 Å². The van der Waals surface area contributed by atoms with Crippen LogP contribution in [0.3, 0.4) is 0 Å². The summed E-state index contributed by atoms with van der Waals surface area (Å²) in [6.07, 6.45) is 0. The molecule has 0 aliphatic heterocycles. The minimum atomic E-state index is -0.993. The maximum absolute atomic E-state index is 13.6. The first-order valence-corrected chi connectivity index (χ1v) is 4.82. The van der Waals surface area contributed by atoms with Crippen LogP contribution in [-0.4, -0.2) is 0 Å². The van der Waals surface area contributed by atoms with Crippen molar-refractivity contribution >= 4 is 0 Å². The van der Waals surface area contributed by atoms with E-state index < -0.39 is 34.4 Å². The minimum absolute atomic E-state index is 0.365. The normalized spacial score (nSPS) is 10.6. The molecule has 1 radical (unpaired) electrons. The van der Waals surface area contributed by atoms with Crippen molar-refractivity contribution in [3.05, 3.63) is 59.2 Å². The first-order valence-electron chi connectivity index (χ1n) is 4.82. The van der Waals surface area contributed by atoms with Crippen LogP contribution < -0.4 is 0 Å². The van der Waals surface area contributed by atoms with Crippen LogP contribution in [0.5, 0.6) is 0 Å². The summed E-state index contributed by atoms with van der Waals surface area (Å²) in [6, 6.07) is 5.58. The molecule has 0 aliphatic carbocycles. The summed E-state index contributed by atoms with van der Waals surface area (Å²) in [5.74, 6) is -3.66. The maximum atomic E-state index is 13.6. The van der Waals surface area contributed by atoms with Crippen molar-refractivity contribution in [2.75, 3.05) is 0 Å². The van der Waals surface area contributed by atoms with Gasteiger partial charge in [-0.2, -0.15) is 0 Å². The molecule has 0 aliphatic rings. The Morgan fingerprint density at radius 2 is 1.53 bits per heavy atom. The highest BCUT2D eigenvalue weighted by Crippen LogP contribution is 2.29. The molecular weight excluding hydrogens is 232 g/mol. The summed E-state index contributed by atoms with van der Waals surface area (Å²) in [4.78, 5) is 0. The minimum Gasteiger partial charge on any atom is -0.207 e. The van der Waals surface area contributed by atoms with Crippen molar-refractivity contribution < 1.29 is 17.6 Å². The van der Waals surface area contributed by atoms with E-state index in [9.17, 15) is 17.6 Å². The van der Waals surface area contributed by atoms with Gasteiger partial charge in [0.15, 0.2) is 0 Å². The molecule has 0 aromatic heterocycles. The molecule has 0 N–H and O–H groups in total. The molecule has 2 rings (SSSR count). The van der Waals surface area contributed by atoms with E-state index in [1.165, 1.54) is 6.92 Å². The molecule has 0 saturated heterocycles. The number of hydrogen-bond acceptors (Lipinski definition) is 0. The van der Waals surface area contributed by atoms with E-state index in [1.54, 1.807) is 0 Å². The Hall–Kier alpha value is -1.84. The van der Waals surface area contributed by atoms with Crippen LogP contribution in [0, 0.1) is 36.3 Å². The topological polar surface area (TPSA) is 0 Å². The third-order valence-electron chi connectivity index (χ3n) is 2.31. The zero-order valence-electron chi connectivity index (χ0n) is 8.82. The number of aryl methyl sites for hydroxylation is 1. The monoisotopic (exact) mass is 239 g/mol. The van der Waals surface area contributed by atoms with E-state index in [4.69, 9.17) is 0 Å². The Bertz CT molecular complexity index is 553. The van der Waals surface area contributed by atoms with Crippen molar-refractivity contribution in [2.45, 2.75) is 6.92 Å². The lowest BCUT2D eigenvalue weighted by atomic mass is 10.0. The molecule has 2 aromatic carbocycles. The largest absolute Gasteiger partial charge is 0.207 e. The molecule has 0 amide bonds. The highest BCUT2D eigenvalue weighted by Gasteiger charge is 2.16. The van der Waals surface area contributed by atoms with Gasteiger partial charge < -0.3 is 0 Å². The van der Waals surface area contributed by atoms with Crippen molar-refractivity contribution in [1.82, 2.24) is 0 Å². The second-order valence-electron chi connectivity index (χ2n) is 3.65. The third kappa shape index (κ3) is 2.16. The van der Waals surface area contributed by atoms with Gasteiger partial charge in [-0.05, 0) is 36.8 Å². The van der Waals surface area contributed by atoms with E-state index in [1.807, 2.05) is 6.07 Å². The number of rotatable bonds is 1. The Morgan fingerprint density at radius 1 is 0.941 bits per heavy atom. The Morgan fingerprint density at radius 3 is 2.12 bits per heavy atom. The van der Waals surface area contributed by atoms with Gasteiger partial charge in [-0.1, -0.05) is 0 Å². The highest BCUT2D eigenvalue weighted by atomic mass is 19.1. The van der Waals surface area contributed by atoms with Crippen LogP contribution in [0.15, 0.2) is 24.3 Å². The van der Waals surface area contributed by atoms with Crippen LogP contribution in [0.4, 0.5) is 17.6 Å². The van der Waals surface area contributed by atoms with Gasteiger partial charge in [0.25, 0.3) is 0 Å². The van der Waals surface area contributed by atoms with Gasteiger partial charge in [-0.25, -0.2) is 17.6 Å². The van der Waals surface area contributed by atoms with E-state index in [0.717, 1.165) is 24.3 Å². The zero-order chi connectivity index (χ0) is 12.6. The number of hydrogen-bond donors (Lipinski definition) is 0. The Balaban J connectivity index is 2.72. The SMILES string of the molecule is Cc1cc(F)c(-c2cc(F)c[c]c2F)c(F)c1. The fourth-order valence-corrected chi connectivity index (χ4v) is 1.59. The summed E-state index contributed by atoms with van der Waals surface area (Å²) in [6.45, 7) is 1.50. The van der Waals surface area contributed by atoms with Crippen molar-refractivity contribution in [3.63, 3.8) is 0 Å². The lowest BCUT2D eigenvalue weighted by molar-refractivity contribution is 0.575. The second-order valence-corrected chi connectivity index (χ2v) is 3.65. The molecule has 87 valence electrons. The van der Waals surface area contributed by atoms with Gasteiger partial charge in [-0.3, -0.25) is 0 Å². The standard InChI is InChI=1S/C13H7F4/c1-7-4-11(16)13(12(17)5-7)9-6-8(14)2-3-10(9)15/h2,4-6H,1H3. The van der Waals surface area contributed by atoms with Crippen LogP contribution in [0.1, 0.15) is 5.56 Å². The lowest BCUT2D eigenvalue weighted by Gasteiger charge is -2.07. The molecule has 0 atom stereocenters. The average molecular weight is 239 g/mol. The third-order valence-corrected chi connectivity index (χ3v) is 2.31. The summed E-state index contributed by atoms with van der Waals surface area (Å²) in [7, 11) is 0. The highest BCUT2D eigenvalue weighted by molar-refractivity contribution is 5.65. The Kier molecular flexibility index (Phi) is 2.88. The molecule has 4 heteroatoms. The van der Waals surface area contributed by atoms with Crippen LogP contribution in [0.25, 0.3) is 11.1 Å². The van der Waals surface area contributed by atoms with E-state index >= 15 is 0 Å². The lowest BCUT2D eigenvalue weighted by Crippen LogP contribution is -1.95. The molecule has 0 saturated carbocycles. The molecule has 0 fully saturated rings. The van der Waals surface area contributed by atoms with Gasteiger partial charge in [0, 0.05) is 11.6 Å². The summed E-state index contributed by atoms with van der Waals surface area (Å²) in [5.41, 5.74) is -0.687. The van der Waals surface area contributed by atoms with Gasteiger partial charge in [0.05, 0.1) is 5.56 Å². The van der Waals surface area contributed by atoms with E-state index in [-0.39, 0.29) is 0 Å². The average Bonchev–Trinajstić information content (AvgIpc) is 2.21. The summed E-state index contributed by atoms with van der Waals surface area (Å²) < 4.78 is 53.4. The van der Waals surface area contributed by atoms with E-state index in [0.29, 0.717) is 5.56 Å². The van der Waals surface area contributed by atoms with Gasteiger partial charge in [0.1, 0.15) is 23.3 Å². The van der Waals surface area contributed by atoms with Crippen LogP contribution in [0.2, 0.25) is 0 Å². The summed E-state index contributed by atoms with van der Waals surface area (Å²) >= 11 is 0. The zero-order valence-corrected chi connectivity index (χ0v) is 8.82. The molecule has 0 unspecified atom stereocenters. The smallest absolute Gasteiger partial charge is 0.139 e. The number of halogens is 4. The first kappa shape index (κ1) is 11.6. The van der Waals surface area contributed by atoms with Crippen molar-refractivity contribution in [3.8, 4) is 11.1 Å². The van der Waals surface area contributed by atoms with Crippen molar-refractivity contribution in [2.24, 2.45) is 0 Å².